The lowest BCUT2D eigenvalue weighted by atomic mass is 9.75. The lowest BCUT2D eigenvalue weighted by Gasteiger charge is -2.36. The quantitative estimate of drug-likeness (QED) is 0.918. The van der Waals surface area contributed by atoms with Gasteiger partial charge in [0.2, 0.25) is 0 Å². The van der Waals surface area contributed by atoms with Crippen LogP contribution in [0.15, 0.2) is 42.5 Å². The van der Waals surface area contributed by atoms with Crippen LogP contribution < -0.4 is 5.32 Å². The van der Waals surface area contributed by atoms with E-state index in [-0.39, 0.29) is 5.82 Å². The summed E-state index contributed by atoms with van der Waals surface area (Å²) in [5.41, 5.74) is 2.97. The van der Waals surface area contributed by atoms with Gasteiger partial charge in [-0.15, -0.1) is 0 Å². The van der Waals surface area contributed by atoms with Crippen molar-refractivity contribution >= 4 is 0 Å². The largest absolute Gasteiger partial charge is 0.308 e. The van der Waals surface area contributed by atoms with Gasteiger partial charge in [0, 0.05) is 18.3 Å². The van der Waals surface area contributed by atoms with E-state index in [9.17, 15) is 4.39 Å². The number of hydrogen-bond donors (Lipinski definition) is 1. The number of aryl methyl sites for hydroxylation is 1. The van der Waals surface area contributed by atoms with Crippen molar-refractivity contribution in [2.24, 2.45) is 0 Å². The summed E-state index contributed by atoms with van der Waals surface area (Å²) in [6.07, 6.45) is 2.01. The van der Waals surface area contributed by atoms with Crippen LogP contribution in [0, 0.1) is 12.7 Å². The molecular weight excluding hydrogens is 251 g/mol. The number of benzene rings is 1. The van der Waals surface area contributed by atoms with Crippen LogP contribution in [0.5, 0.6) is 0 Å². The van der Waals surface area contributed by atoms with Crippen molar-refractivity contribution in [1.29, 1.82) is 0 Å². The van der Waals surface area contributed by atoms with Crippen molar-refractivity contribution < 1.29 is 4.39 Å². The first kappa shape index (κ1) is 13.3. The Hall–Kier alpha value is -1.74. The molecule has 0 radical (unpaired) electrons. The van der Waals surface area contributed by atoms with Crippen LogP contribution in [-0.4, -0.2) is 11.0 Å². The fourth-order valence-electron chi connectivity index (χ4n) is 2.79. The van der Waals surface area contributed by atoms with Crippen LogP contribution in [0.4, 0.5) is 4.39 Å². The van der Waals surface area contributed by atoms with Crippen molar-refractivity contribution in [3.63, 3.8) is 0 Å². The van der Waals surface area contributed by atoms with Crippen molar-refractivity contribution in [3.8, 4) is 0 Å². The van der Waals surface area contributed by atoms with Crippen LogP contribution in [-0.2, 0) is 6.54 Å². The van der Waals surface area contributed by atoms with Gasteiger partial charge in [-0.1, -0.05) is 24.3 Å². The summed E-state index contributed by atoms with van der Waals surface area (Å²) in [6.45, 7) is 2.79. The van der Waals surface area contributed by atoms with E-state index in [1.807, 2.05) is 37.3 Å². The van der Waals surface area contributed by atoms with Gasteiger partial charge in [-0.05, 0) is 49.4 Å². The van der Waals surface area contributed by atoms with E-state index >= 15 is 0 Å². The monoisotopic (exact) mass is 270 g/mol. The molecule has 0 aliphatic heterocycles. The summed E-state index contributed by atoms with van der Waals surface area (Å²) in [4.78, 5) is 4.47. The second-order valence-corrected chi connectivity index (χ2v) is 5.54. The Kier molecular flexibility index (Phi) is 3.79. The summed E-state index contributed by atoms with van der Waals surface area (Å²) in [7, 11) is 0. The standard InChI is InChI=1S/C17H19FN2/c1-12-5-4-6-14(20-12)11-19-15-9-13(10-15)16-7-2-3-8-17(16)18/h2-8,13,15,19H,9-11H2,1H3. The molecule has 0 unspecified atom stereocenters. The lowest BCUT2D eigenvalue weighted by Crippen LogP contribution is -2.40. The zero-order valence-electron chi connectivity index (χ0n) is 11.6. The second-order valence-electron chi connectivity index (χ2n) is 5.54. The average molecular weight is 270 g/mol. The summed E-state index contributed by atoms with van der Waals surface area (Å²) in [5, 5.41) is 3.50. The summed E-state index contributed by atoms with van der Waals surface area (Å²) in [6, 6.07) is 13.6. The van der Waals surface area contributed by atoms with E-state index in [4.69, 9.17) is 0 Å². The molecule has 1 fully saturated rings. The van der Waals surface area contributed by atoms with Crippen LogP contribution >= 0.6 is 0 Å². The van der Waals surface area contributed by atoms with E-state index in [0.29, 0.717) is 12.0 Å². The highest BCUT2D eigenvalue weighted by Crippen LogP contribution is 2.37. The zero-order valence-corrected chi connectivity index (χ0v) is 11.6. The van der Waals surface area contributed by atoms with Gasteiger partial charge in [0.25, 0.3) is 0 Å². The Balaban J connectivity index is 1.50. The normalized spacial score (nSPS) is 21.5. The highest BCUT2D eigenvalue weighted by Gasteiger charge is 2.31. The average Bonchev–Trinajstić information content (AvgIpc) is 2.39. The first-order valence-corrected chi connectivity index (χ1v) is 7.13. The lowest BCUT2D eigenvalue weighted by molar-refractivity contribution is 0.283. The molecular formula is C17H19FN2. The number of pyridine rings is 1. The predicted molar refractivity (Wildman–Crippen MR) is 78.0 cm³/mol. The zero-order chi connectivity index (χ0) is 13.9. The molecule has 3 rings (SSSR count). The van der Waals surface area contributed by atoms with Crippen molar-refractivity contribution in [3.05, 3.63) is 65.2 Å². The number of hydrogen-bond acceptors (Lipinski definition) is 2. The van der Waals surface area contributed by atoms with Crippen LogP contribution in [0.25, 0.3) is 0 Å². The Labute approximate surface area is 119 Å². The first-order valence-electron chi connectivity index (χ1n) is 7.13. The Morgan fingerprint density at radius 1 is 1.15 bits per heavy atom. The van der Waals surface area contributed by atoms with E-state index < -0.39 is 0 Å². The van der Waals surface area contributed by atoms with Gasteiger partial charge in [0.1, 0.15) is 5.82 Å². The van der Waals surface area contributed by atoms with E-state index in [2.05, 4.69) is 10.3 Å². The molecule has 1 aromatic heterocycles. The third kappa shape index (κ3) is 2.88. The van der Waals surface area contributed by atoms with Gasteiger partial charge >= 0.3 is 0 Å². The fourth-order valence-corrected chi connectivity index (χ4v) is 2.79. The molecule has 1 heterocycles. The van der Waals surface area contributed by atoms with Crippen LogP contribution in [0.2, 0.25) is 0 Å². The topological polar surface area (TPSA) is 24.9 Å². The van der Waals surface area contributed by atoms with Crippen molar-refractivity contribution in [1.82, 2.24) is 10.3 Å². The molecule has 0 bridgehead atoms. The van der Waals surface area contributed by atoms with Crippen molar-refractivity contribution in [2.75, 3.05) is 0 Å². The highest BCUT2D eigenvalue weighted by molar-refractivity contribution is 5.24. The molecule has 0 spiro atoms. The number of halogens is 1. The summed E-state index contributed by atoms with van der Waals surface area (Å²) < 4.78 is 13.7. The van der Waals surface area contributed by atoms with Gasteiger partial charge in [-0.2, -0.15) is 0 Å². The Bertz CT molecular complexity index is 591. The minimum Gasteiger partial charge on any atom is -0.308 e. The molecule has 1 saturated carbocycles. The van der Waals surface area contributed by atoms with Gasteiger partial charge < -0.3 is 5.32 Å². The Morgan fingerprint density at radius 3 is 2.70 bits per heavy atom. The first-order chi connectivity index (χ1) is 9.72. The number of aromatic nitrogens is 1. The maximum atomic E-state index is 13.7. The molecule has 0 atom stereocenters. The molecule has 2 nitrogen and oxygen atoms in total. The van der Waals surface area contributed by atoms with Gasteiger partial charge in [-0.3, -0.25) is 4.98 Å². The fraction of sp³-hybridized carbons (Fsp3) is 0.353. The SMILES string of the molecule is Cc1cccc(CNC2CC(c3ccccc3F)C2)n1. The highest BCUT2D eigenvalue weighted by atomic mass is 19.1. The summed E-state index contributed by atoms with van der Waals surface area (Å²) >= 11 is 0. The minimum absolute atomic E-state index is 0.0729. The van der Waals surface area contributed by atoms with Crippen molar-refractivity contribution in [2.45, 2.75) is 38.3 Å². The van der Waals surface area contributed by atoms with Crippen LogP contribution in [0.1, 0.15) is 35.7 Å². The smallest absolute Gasteiger partial charge is 0.126 e. The summed E-state index contributed by atoms with van der Waals surface area (Å²) in [5.74, 6) is 0.287. The van der Waals surface area contributed by atoms with Gasteiger partial charge in [0.15, 0.2) is 0 Å². The molecule has 1 aliphatic carbocycles. The maximum absolute atomic E-state index is 13.7. The molecule has 0 amide bonds. The molecule has 0 saturated heterocycles. The van der Waals surface area contributed by atoms with Gasteiger partial charge in [-0.25, -0.2) is 4.39 Å². The van der Waals surface area contributed by atoms with E-state index in [0.717, 1.165) is 36.3 Å². The Morgan fingerprint density at radius 2 is 1.95 bits per heavy atom. The van der Waals surface area contributed by atoms with Crippen LogP contribution in [0.3, 0.4) is 0 Å². The minimum atomic E-state index is -0.0729. The number of rotatable bonds is 4. The van der Waals surface area contributed by atoms with Gasteiger partial charge in [0.05, 0.1) is 5.69 Å². The molecule has 3 heteroatoms. The molecule has 104 valence electrons. The number of nitrogens with zero attached hydrogens (tertiary/aromatic N) is 1. The van der Waals surface area contributed by atoms with E-state index in [1.54, 1.807) is 12.1 Å². The molecule has 2 aromatic rings. The molecule has 1 aromatic carbocycles. The van der Waals surface area contributed by atoms with E-state index in [1.165, 1.54) is 0 Å². The third-order valence-electron chi connectivity index (χ3n) is 4.00. The second kappa shape index (κ2) is 5.71. The maximum Gasteiger partial charge on any atom is 0.126 e. The molecule has 1 aliphatic rings. The third-order valence-corrected chi connectivity index (χ3v) is 4.00. The molecule has 20 heavy (non-hydrogen) atoms. The predicted octanol–water partition coefficient (Wildman–Crippen LogP) is 3.56. The molecule has 1 N–H and O–H groups in total. The number of nitrogens with one attached hydrogen (secondary N) is 1.